The fourth-order valence-electron chi connectivity index (χ4n) is 1.88. The van der Waals surface area contributed by atoms with Crippen LogP contribution in [0.15, 0.2) is 12.1 Å². The summed E-state index contributed by atoms with van der Waals surface area (Å²) in [5.74, 6) is 1.67. The average molecular weight is 272 g/mol. The van der Waals surface area contributed by atoms with Crippen molar-refractivity contribution in [2.24, 2.45) is 5.92 Å². The normalized spacial score (nSPS) is 15.2. The highest BCUT2D eigenvalue weighted by Crippen LogP contribution is 2.39. The van der Waals surface area contributed by atoms with Crippen LogP contribution in [0.3, 0.4) is 0 Å². The molecule has 0 aromatic heterocycles. The summed E-state index contributed by atoms with van der Waals surface area (Å²) in [4.78, 5) is 0. The number of rotatable bonds is 5. The third-order valence-corrected chi connectivity index (χ3v) is 3.34. The van der Waals surface area contributed by atoms with Crippen LogP contribution in [0.1, 0.15) is 19.4 Å². The van der Waals surface area contributed by atoms with Gasteiger partial charge in [-0.05, 0) is 23.6 Å². The summed E-state index contributed by atoms with van der Waals surface area (Å²) in [6.45, 7) is 5.12. The van der Waals surface area contributed by atoms with Crippen molar-refractivity contribution >= 4 is 11.6 Å². The predicted octanol–water partition coefficient (Wildman–Crippen LogP) is 2.18. The van der Waals surface area contributed by atoms with Gasteiger partial charge in [0, 0.05) is 12.6 Å². The SMILES string of the molecule is CC(C)C(CO)NCc1cc(Cl)c2c(c1)OCO2. The van der Waals surface area contributed by atoms with Gasteiger partial charge in [0.15, 0.2) is 11.5 Å². The van der Waals surface area contributed by atoms with Crippen molar-refractivity contribution < 1.29 is 14.6 Å². The molecule has 0 spiro atoms. The molecule has 100 valence electrons. The van der Waals surface area contributed by atoms with Gasteiger partial charge in [-0.15, -0.1) is 0 Å². The van der Waals surface area contributed by atoms with Gasteiger partial charge >= 0.3 is 0 Å². The van der Waals surface area contributed by atoms with E-state index in [1.54, 1.807) is 0 Å². The van der Waals surface area contributed by atoms with E-state index in [2.05, 4.69) is 19.2 Å². The third-order valence-electron chi connectivity index (χ3n) is 3.06. The average Bonchev–Trinajstić information content (AvgIpc) is 2.78. The Morgan fingerprint density at radius 2 is 2.17 bits per heavy atom. The summed E-state index contributed by atoms with van der Waals surface area (Å²) in [5, 5.41) is 13.1. The quantitative estimate of drug-likeness (QED) is 0.862. The molecular weight excluding hydrogens is 254 g/mol. The van der Waals surface area contributed by atoms with Gasteiger partial charge in [0.05, 0.1) is 11.6 Å². The first kappa shape index (κ1) is 13.5. The van der Waals surface area contributed by atoms with Gasteiger partial charge in [0.2, 0.25) is 6.79 Å². The van der Waals surface area contributed by atoms with Crippen LogP contribution < -0.4 is 14.8 Å². The van der Waals surface area contributed by atoms with E-state index in [4.69, 9.17) is 21.1 Å². The largest absolute Gasteiger partial charge is 0.454 e. The number of aliphatic hydroxyl groups is 1. The smallest absolute Gasteiger partial charge is 0.231 e. The minimum atomic E-state index is 0.0780. The molecule has 0 saturated heterocycles. The summed E-state index contributed by atoms with van der Waals surface area (Å²) in [6, 6.07) is 3.85. The summed E-state index contributed by atoms with van der Waals surface area (Å²) in [6.07, 6.45) is 0. The van der Waals surface area contributed by atoms with E-state index in [-0.39, 0.29) is 19.4 Å². The summed E-state index contributed by atoms with van der Waals surface area (Å²) in [7, 11) is 0. The molecule has 1 aliphatic heterocycles. The Labute approximate surface area is 112 Å². The van der Waals surface area contributed by atoms with E-state index in [0.29, 0.717) is 29.0 Å². The maximum Gasteiger partial charge on any atom is 0.231 e. The zero-order valence-corrected chi connectivity index (χ0v) is 11.3. The highest BCUT2D eigenvalue weighted by atomic mass is 35.5. The highest BCUT2D eigenvalue weighted by Gasteiger charge is 2.19. The molecule has 18 heavy (non-hydrogen) atoms. The molecule has 4 nitrogen and oxygen atoms in total. The number of ether oxygens (including phenoxy) is 2. The number of hydrogen-bond acceptors (Lipinski definition) is 4. The second kappa shape index (κ2) is 5.78. The van der Waals surface area contributed by atoms with Crippen LogP contribution in [0.2, 0.25) is 5.02 Å². The van der Waals surface area contributed by atoms with Crippen molar-refractivity contribution in [2.45, 2.75) is 26.4 Å². The van der Waals surface area contributed by atoms with Gasteiger partial charge in [0.25, 0.3) is 0 Å². The number of hydrogen-bond donors (Lipinski definition) is 2. The molecule has 1 aromatic carbocycles. The number of halogens is 1. The molecule has 0 radical (unpaired) electrons. The second-order valence-corrected chi connectivity index (χ2v) is 5.13. The number of aliphatic hydroxyl groups excluding tert-OH is 1. The van der Waals surface area contributed by atoms with Crippen molar-refractivity contribution in [2.75, 3.05) is 13.4 Å². The van der Waals surface area contributed by atoms with E-state index >= 15 is 0 Å². The zero-order chi connectivity index (χ0) is 13.1. The molecular formula is C13H18ClNO3. The minimum absolute atomic E-state index is 0.0780. The summed E-state index contributed by atoms with van der Waals surface area (Å²) < 4.78 is 10.6. The second-order valence-electron chi connectivity index (χ2n) is 4.73. The van der Waals surface area contributed by atoms with E-state index in [1.165, 1.54) is 0 Å². The van der Waals surface area contributed by atoms with Crippen molar-refractivity contribution in [3.05, 3.63) is 22.7 Å². The molecule has 1 unspecified atom stereocenters. The minimum Gasteiger partial charge on any atom is -0.454 e. The van der Waals surface area contributed by atoms with Gasteiger partial charge in [-0.1, -0.05) is 25.4 Å². The third kappa shape index (κ3) is 2.88. The molecule has 0 amide bonds. The van der Waals surface area contributed by atoms with Crippen LogP contribution in [-0.2, 0) is 6.54 Å². The Balaban J connectivity index is 2.04. The Morgan fingerprint density at radius 1 is 1.39 bits per heavy atom. The first-order valence-corrected chi connectivity index (χ1v) is 6.42. The number of fused-ring (bicyclic) bond motifs is 1. The molecule has 5 heteroatoms. The highest BCUT2D eigenvalue weighted by molar-refractivity contribution is 6.32. The van der Waals surface area contributed by atoms with E-state index in [9.17, 15) is 5.11 Å². The van der Waals surface area contributed by atoms with E-state index in [0.717, 1.165) is 5.56 Å². The van der Waals surface area contributed by atoms with Crippen molar-refractivity contribution in [1.82, 2.24) is 5.32 Å². The molecule has 0 fully saturated rings. The number of nitrogens with one attached hydrogen (secondary N) is 1. The van der Waals surface area contributed by atoms with Crippen molar-refractivity contribution in [3.63, 3.8) is 0 Å². The van der Waals surface area contributed by atoms with Crippen LogP contribution in [0.4, 0.5) is 0 Å². The lowest BCUT2D eigenvalue weighted by Crippen LogP contribution is -2.36. The Bertz CT molecular complexity index is 423. The molecule has 0 aliphatic carbocycles. The van der Waals surface area contributed by atoms with E-state index < -0.39 is 0 Å². The number of benzene rings is 1. The molecule has 1 atom stereocenters. The standard InChI is InChI=1S/C13H18ClNO3/c1-8(2)11(6-16)15-5-9-3-10(14)13-12(4-9)17-7-18-13/h3-4,8,11,15-16H,5-7H2,1-2H3. The van der Waals surface area contributed by atoms with Crippen molar-refractivity contribution in [3.8, 4) is 11.5 Å². The first-order chi connectivity index (χ1) is 8.61. The Morgan fingerprint density at radius 3 is 2.83 bits per heavy atom. The molecule has 2 rings (SSSR count). The van der Waals surface area contributed by atoms with Gasteiger partial charge in [0.1, 0.15) is 0 Å². The fraction of sp³-hybridized carbons (Fsp3) is 0.538. The molecule has 2 N–H and O–H groups in total. The zero-order valence-electron chi connectivity index (χ0n) is 10.6. The molecule has 0 saturated carbocycles. The first-order valence-electron chi connectivity index (χ1n) is 6.04. The van der Waals surface area contributed by atoms with Gasteiger partial charge in [-0.25, -0.2) is 0 Å². The van der Waals surface area contributed by atoms with Crippen LogP contribution in [-0.4, -0.2) is 24.5 Å². The molecule has 0 bridgehead atoms. The van der Waals surface area contributed by atoms with Gasteiger partial charge in [-0.3, -0.25) is 0 Å². The van der Waals surface area contributed by atoms with Gasteiger partial charge in [-0.2, -0.15) is 0 Å². The van der Waals surface area contributed by atoms with Crippen LogP contribution in [0, 0.1) is 5.92 Å². The lowest BCUT2D eigenvalue weighted by atomic mass is 10.0. The van der Waals surface area contributed by atoms with E-state index in [1.807, 2.05) is 12.1 Å². The lowest BCUT2D eigenvalue weighted by molar-refractivity contribution is 0.174. The molecule has 1 heterocycles. The molecule has 1 aliphatic rings. The van der Waals surface area contributed by atoms with Crippen LogP contribution in [0.25, 0.3) is 0 Å². The van der Waals surface area contributed by atoms with Crippen molar-refractivity contribution in [1.29, 1.82) is 0 Å². The monoisotopic (exact) mass is 271 g/mol. The topological polar surface area (TPSA) is 50.7 Å². The van der Waals surface area contributed by atoms with Crippen LogP contribution >= 0.6 is 11.6 Å². The molecule has 1 aromatic rings. The Hall–Kier alpha value is -0.970. The summed E-state index contributed by atoms with van der Waals surface area (Å²) >= 11 is 6.10. The summed E-state index contributed by atoms with van der Waals surface area (Å²) in [5.41, 5.74) is 1.02. The predicted molar refractivity (Wildman–Crippen MR) is 70.1 cm³/mol. The van der Waals surface area contributed by atoms with Gasteiger partial charge < -0.3 is 19.9 Å². The maximum absolute atomic E-state index is 9.25. The maximum atomic E-state index is 9.25. The fourth-order valence-corrected chi connectivity index (χ4v) is 2.17. The lowest BCUT2D eigenvalue weighted by Gasteiger charge is -2.20. The van der Waals surface area contributed by atoms with Crippen LogP contribution in [0.5, 0.6) is 11.5 Å². The Kier molecular flexibility index (Phi) is 4.32.